The molecule has 2 bridgehead atoms. The first kappa shape index (κ1) is 38.2. The second-order valence-electron chi connectivity index (χ2n) is 13.3. The predicted octanol–water partition coefficient (Wildman–Crippen LogP) is 7.51. The van der Waals surface area contributed by atoms with Crippen molar-refractivity contribution in [2.24, 2.45) is 17.8 Å². The highest BCUT2D eigenvalue weighted by Gasteiger charge is 2.55. The lowest BCUT2D eigenvalue weighted by Gasteiger charge is -2.30. The maximum atomic E-state index is 15.3. The molecule has 2 unspecified atom stereocenters. The standard InChI is InChI=1S/C39H34F5N3O6S/c1-20(2)33-25-12-13-26(33)35(34(25)38(50)45-23-11-15-31(41)29(19-23)39(42,43)44)46-37(49)28-17-21(10-16-32(28)53-3)27-18-22(9-14-30(27)40)36(48)47-54(51,52)24-7-5-4-6-8-24/h4-11,14-19,25-26,34-35H,12-13H2,1-3H3,(H,45,50)(H,46,49)(H,47,48)/t25?,26?,34-,35+/m0/s1. The summed E-state index contributed by atoms with van der Waals surface area (Å²) in [6.45, 7) is 3.75. The third-order valence-electron chi connectivity index (χ3n) is 9.82. The van der Waals surface area contributed by atoms with Crippen molar-refractivity contribution < 1.29 is 49.5 Å². The summed E-state index contributed by atoms with van der Waals surface area (Å²) in [5.41, 5.74) is -0.108. The molecule has 9 nitrogen and oxygen atoms in total. The van der Waals surface area contributed by atoms with Crippen molar-refractivity contribution in [3.63, 3.8) is 0 Å². The Morgan fingerprint density at radius 3 is 2.17 bits per heavy atom. The molecule has 0 aromatic heterocycles. The molecule has 4 aromatic carbocycles. The van der Waals surface area contributed by atoms with E-state index in [9.17, 15) is 40.4 Å². The highest BCUT2D eigenvalue weighted by Crippen LogP contribution is 2.54. The number of fused-ring (bicyclic) bond motifs is 2. The van der Waals surface area contributed by atoms with Gasteiger partial charge in [0.25, 0.3) is 21.8 Å². The molecule has 4 aromatic rings. The summed E-state index contributed by atoms with van der Waals surface area (Å²) in [6, 6.07) is 16.0. The minimum absolute atomic E-state index is 0.0510. The van der Waals surface area contributed by atoms with Gasteiger partial charge >= 0.3 is 6.18 Å². The van der Waals surface area contributed by atoms with Crippen molar-refractivity contribution in [2.75, 3.05) is 12.4 Å². The van der Waals surface area contributed by atoms with Crippen LogP contribution in [-0.2, 0) is 21.0 Å². The number of amides is 3. The smallest absolute Gasteiger partial charge is 0.419 e. The monoisotopic (exact) mass is 767 g/mol. The molecule has 2 aliphatic carbocycles. The van der Waals surface area contributed by atoms with Crippen LogP contribution in [0.1, 0.15) is 53.0 Å². The van der Waals surface area contributed by atoms with Gasteiger partial charge in [-0.1, -0.05) is 35.4 Å². The van der Waals surface area contributed by atoms with Crippen LogP contribution < -0.4 is 20.1 Å². The highest BCUT2D eigenvalue weighted by molar-refractivity contribution is 7.90. The number of anilines is 1. The number of allylic oxidation sites excluding steroid dienone is 1. The van der Waals surface area contributed by atoms with Crippen LogP contribution in [0.4, 0.5) is 27.6 Å². The van der Waals surface area contributed by atoms with Crippen LogP contribution in [0.5, 0.6) is 5.75 Å². The number of sulfonamides is 1. The lowest BCUT2D eigenvalue weighted by Crippen LogP contribution is -2.48. The zero-order valence-corrected chi connectivity index (χ0v) is 29.9. The summed E-state index contributed by atoms with van der Waals surface area (Å²) >= 11 is 0. The van der Waals surface area contributed by atoms with Gasteiger partial charge in [0.2, 0.25) is 5.91 Å². The lowest BCUT2D eigenvalue weighted by atomic mass is 9.83. The Hall–Kier alpha value is -5.57. The fourth-order valence-electron chi connectivity index (χ4n) is 7.52. The van der Waals surface area contributed by atoms with Gasteiger partial charge in [0.1, 0.15) is 17.4 Å². The first-order chi connectivity index (χ1) is 25.5. The number of rotatable bonds is 9. The minimum atomic E-state index is -4.99. The second-order valence-corrected chi connectivity index (χ2v) is 15.0. The average molecular weight is 768 g/mol. The summed E-state index contributed by atoms with van der Waals surface area (Å²) in [5.74, 6) is -6.02. The fraction of sp³-hybridized carbons (Fsp3) is 0.256. The van der Waals surface area contributed by atoms with Crippen LogP contribution in [0.2, 0.25) is 0 Å². The van der Waals surface area contributed by atoms with Crippen molar-refractivity contribution in [3.8, 4) is 16.9 Å². The molecule has 2 fully saturated rings. The van der Waals surface area contributed by atoms with Crippen LogP contribution in [0.25, 0.3) is 11.1 Å². The Labute approximate surface area is 307 Å². The van der Waals surface area contributed by atoms with Gasteiger partial charge in [-0.05, 0) is 98.8 Å². The van der Waals surface area contributed by atoms with E-state index >= 15 is 4.39 Å². The SMILES string of the molecule is COc1ccc(-c2cc(C(=O)NS(=O)(=O)c3ccccc3)ccc2F)cc1C(=O)N[C@@H]1C2CCC(C2=C(C)C)[C@@H]1C(=O)Nc1ccc(F)c(C(F)(F)F)c1. The van der Waals surface area contributed by atoms with Crippen molar-refractivity contribution in [1.82, 2.24) is 10.0 Å². The number of carbonyl (C=O) groups is 3. The molecule has 3 N–H and O–H groups in total. The van der Waals surface area contributed by atoms with Crippen LogP contribution >= 0.6 is 0 Å². The molecule has 0 aliphatic heterocycles. The van der Waals surface area contributed by atoms with Gasteiger partial charge in [0, 0.05) is 28.8 Å². The molecule has 15 heteroatoms. The van der Waals surface area contributed by atoms with Gasteiger partial charge in [-0.15, -0.1) is 0 Å². The van der Waals surface area contributed by atoms with Gasteiger partial charge in [-0.25, -0.2) is 21.9 Å². The van der Waals surface area contributed by atoms with E-state index in [0.717, 1.165) is 35.4 Å². The van der Waals surface area contributed by atoms with Crippen LogP contribution in [0.15, 0.2) is 101 Å². The largest absolute Gasteiger partial charge is 0.496 e. The summed E-state index contributed by atoms with van der Waals surface area (Å²) in [6.07, 6.45) is -3.76. The van der Waals surface area contributed by atoms with Gasteiger partial charge in [0.05, 0.1) is 29.1 Å². The topological polar surface area (TPSA) is 131 Å². The normalized spacial score (nSPS) is 19.3. The third-order valence-corrected chi connectivity index (χ3v) is 11.2. The molecule has 54 heavy (non-hydrogen) atoms. The van der Waals surface area contributed by atoms with E-state index in [0.29, 0.717) is 25.0 Å². The average Bonchev–Trinajstić information content (AvgIpc) is 3.69. The highest BCUT2D eigenvalue weighted by atomic mass is 32.2. The third kappa shape index (κ3) is 7.45. The Morgan fingerprint density at radius 2 is 1.50 bits per heavy atom. The number of halogens is 5. The summed E-state index contributed by atoms with van der Waals surface area (Å²) in [4.78, 5) is 40.7. The second kappa shape index (κ2) is 14.7. The Morgan fingerprint density at radius 1 is 0.815 bits per heavy atom. The van der Waals surface area contributed by atoms with Crippen LogP contribution in [-0.4, -0.2) is 39.3 Å². The molecule has 2 aliphatic rings. The van der Waals surface area contributed by atoms with E-state index in [4.69, 9.17) is 4.74 Å². The van der Waals surface area contributed by atoms with E-state index in [1.807, 2.05) is 18.6 Å². The fourth-order valence-corrected chi connectivity index (χ4v) is 8.52. The van der Waals surface area contributed by atoms with E-state index < -0.39 is 63.1 Å². The first-order valence-corrected chi connectivity index (χ1v) is 18.2. The van der Waals surface area contributed by atoms with E-state index in [1.165, 1.54) is 49.6 Å². The van der Waals surface area contributed by atoms with Gasteiger partial charge < -0.3 is 15.4 Å². The van der Waals surface area contributed by atoms with Crippen molar-refractivity contribution in [1.29, 1.82) is 0 Å². The Balaban J connectivity index is 1.29. The van der Waals surface area contributed by atoms with Crippen LogP contribution in [0, 0.1) is 29.4 Å². The number of ether oxygens (including phenoxy) is 1. The molecule has 6 rings (SSSR count). The minimum Gasteiger partial charge on any atom is -0.496 e. The Bertz CT molecular complexity index is 2290. The molecular weight excluding hydrogens is 734 g/mol. The molecule has 4 atom stereocenters. The van der Waals surface area contributed by atoms with E-state index in [-0.39, 0.29) is 50.4 Å². The molecule has 3 amide bonds. The Kier molecular flexibility index (Phi) is 10.4. The number of alkyl halides is 3. The maximum Gasteiger partial charge on any atom is 0.419 e. The molecule has 0 spiro atoms. The van der Waals surface area contributed by atoms with Crippen molar-refractivity contribution in [2.45, 2.75) is 43.8 Å². The maximum absolute atomic E-state index is 15.3. The number of carbonyl (C=O) groups excluding carboxylic acids is 3. The zero-order valence-electron chi connectivity index (χ0n) is 29.1. The molecule has 0 heterocycles. The summed E-state index contributed by atoms with van der Waals surface area (Å²) in [7, 11) is -2.92. The molecule has 0 radical (unpaired) electrons. The summed E-state index contributed by atoms with van der Waals surface area (Å²) < 4.78 is 102. The first-order valence-electron chi connectivity index (χ1n) is 16.8. The number of nitrogens with one attached hydrogen (secondary N) is 3. The molecule has 0 saturated heterocycles. The molecule has 282 valence electrons. The van der Waals surface area contributed by atoms with Crippen LogP contribution in [0.3, 0.4) is 0 Å². The predicted molar refractivity (Wildman–Crippen MR) is 189 cm³/mol. The zero-order chi connectivity index (χ0) is 39.1. The number of benzene rings is 4. The lowest BCUT2D eigenvalue weighted by molar-refractivity contribution is -0.140. The number of methoxy groups -OCH3 is 1. The molecular formula is C39H34F5N3O6S. The molecule has 2 saturated carbocycles. The van der Waals surface area contributed by atoms with Gasteiger partial charge in [-0.2, -0.15) is 13.2 Å². The van der Waals surface area contributed by atoms with Crippen molar-refractivity contribution in [3.05, 3.63) is 124 Å². The van der Waals surface area contributed by atoms with Gasteiger partial charge in [0.15, 0.2) is 0 Å². The summed E-state index contributed by atoms with van der Waals surface area (Å²) in [5, 5.41) is 5.43. The van der Waals surface area contributed by atoms with E-state index in [1.54, 1.807) is 6.07 Å². The van der Waals surface area contributed by atoms with Crippen molar-refractivity contribution >= 4 is 33.4 Å². The quantitative estimate of drug-likeness (QED) is 0.120. The van der Waals surface area contributed by atoms with E-state index in [2.05, 4.69) is 10.6 Å². The van der Waals surface area contributed by atoms with Gasteiger partial charge in [-0.3, -0.25) is 14.4 Å². The number of hydrogen-bond acceptors (Lipinski definition) is 6. The number of hydrogen-bond donors (Lipinski definition) is 3.